The van der Waals surface area contributed by atoms with Gasteiger partial charge in [-0.15, -0.1) is 0 Å². The van der Waals surface area contributed by atoms with Crippen molar-refractivity contribution in [2.24, 2.45) is 16.8 Å². The first-order valence-corrected chi connectivity index (χ1v) is 4.28. The third kappa shape index (κ3) is 1.28. The molecule has 2 aliphatic rings. The van der Waals surface area contributed by atoms with Gasteiger partial charge in [0.1, 0.15) is 0 Å². The number of fused-ring (bicyclic) bond motifs is 1. The first-order valence-electron chi connectivity index (χ1n) is 4.28. The quantitative estimate of drug-likeness (QED) is 0.619. The van der Waals surface area contributed by atoms with E-state index in [9.17, 15) is 0 Å². The van der Waals surface area contributed by atoms with E-state index in [0.29, 0.717) is 18.5 Å². The van der Waals surface area contributed by atoms with E-state index in [1.165, 1.54) is 5.57 Å². The van der Waals surface area contributed by atoms with Gasteiger partial charge >= 0.3 is 0 Å². The summed E-state index contributed by atoms with van der Waals surface area (Å²) < 4.78 is 0. The zero-order valence-corrected chi connectivity index (χ0v) is 6.90. The highest BCUT2D eigenvalue weighted by molar-refractivity contribution is 5.68. The molecule has 2 atom stereocenters. The summed E-state index contributed by atoms with van der Waals surface area (Å²) in [4.78, 5) is 0. The van der Waals surface area contributed by atoms with Crippen molar-refractivity contribution >= 4 is 6.21 Å². The van der Waals surface area contributed by atoms with E-state index in [1.54, 1.807) is 0 Å². The highest BCUT2D eigenvalue weighted by Crippen LogP contribution is 2.20. The van der Waals surface area contributed by atoms with Crippen LogP contribution >= 0.6 is 0 Å². The lowest BCUT2D eigenvalue weighted by Crippen LogP contribution is -2.26. The summed E-state index contributed by atoms with van der Waals surface area (Å²) >= 11 is 0. The van der Waals surface area contributed by atoms with Crippen LogP contribution in [0.25, 0.3) is 0 Å². The third-order valence-electron chi connectivity index (χ3n) is 2.24. The molecule has 3 heteroatoms. The van der Waals surface area contributed by atoms with Gasteiger partial charge in [0.25, 0.3) is 0 Å². The van der Waals surface area contributed by atoms with Gasteiger partial charge in [0, 0.05) is 12.1 Å². The summed E-state index contributed by atoms with van der Waals surface area (Å²) in [5.41, 5.74) is 9.83. The molecule has 3 N–H and O–H groups in total. The minimum Gasteiger partial charge on any atom is -0.330 e. The van der Waals surface area contributed by atoms with Gasteiger partial charge in [-0.05, 0) is 18.5 Å². The van der Waals surface area contributed by atoms with Crippen LogP contribution in [0.15, 0.2) is 28.9 Å². The SMILES string of the molecule is NCCC1=CC2NN=CC2C=C1. The van der Waals surface area contributed by atoms with Gasteiger partial charge in [-0.25, -0.2) is 0 Å². The molecule has 0 aromatic heterocycles. The van der Waals surface area contributed by atoms with Crippen molar-refractivity contribution in [3.63, 3.8) is 0 Å². The smallest absolute Gasteiger partial charge is 0.0738 e. The molecule has 3 nitrogen and oxygen atoms in total. The van der Waals surface area contributed by atoms with E-state index in [1.807, 2.05) is 6.21 Å². The van der Waals surface area contributed by atoms with Gasteiger partial charge in [0.15, 0.2) is 0 Å². The van der Waals surface area contributed by atoms with Crippen LogP contribution in [-0.4, -0.2) is 18.8 Å². The van der Waals surface area contributed by atoms with E-state index >= 15 is 0 Å². The Labute approximate surface area is 72.0 Å². The van der Waals surface area contributed by atoms with Crippen LogP contribution in [0.1, 0.15) is 6.42 Å². The Morgan fingerprint density at radius 1 is 1.58 bits per heavy atom. The molecule has 0 amide bonds. The van der Waals surface area contributed by atoms with Gasteiger partial charge in [-0.2, -0.15) is 5.10 Å². The van der Waals surface area contributed by atoms with Crippen molar-refractivity contribution in [3.05, 3.63) is 23.8 Å². The van der Waals surface area contributed by atoms with Gasteiger partial charge in [-0.1, -0.05) is 18.2 Å². The third-order valence-corrected chi connectivity index (χ3v) is 2.24. The second kappa shape index (κ2) is 3.11. The first-order chi connectivity index (χ1) is 5.90. The molecule has 1 heterocycles. The lowest BCUT2D eigenvalue weighted by atomic mass is 9.93. The van der Waals surface area contributed by atoms with Crippen LogP contribution < -0.4 is 11.2 Å². The lowest BCUT2D eigenvalue weighted by Gasteiger charge is -2.16. The minimum absolute atomic E-state index is 0.372. The predicted octanol–water partition coefficient (Wildman–Crippen LogP) is 0.405. The van der Waals surface area contributed by atoms with E-state index in [0.717, 1.165) is 6.42 Å². The predicted molar refractivity (Wildman–Crippen MR) is 49.8 cm³/mol. The monoisotopic (exact) mass is 163 g/mol. The molecule has 0 spiro atoms. The normalized spacial score (nSPS) is 31.2. The maximum atomic E-state index is 5.47. The van der Waals surface area contributed by atoms with E-state index in [2.05, 4.69) is 28.8 Å². The largest absolute Gasteiger partial charge is 0.330 e. The highest BCUT2D eigenvalue weighted by atomic mass is 15.3. The van der Waals surface area contributed by atoms with Gasteiger partial charge in [0.2, 0.25) is 0 Å². The average molecular weight is 163 g/mol. The summed E-state index contributed by atoms with van der Waals surface area (Å²) in [7, 11) is 0. The molecule has 64 valence electrons. The Morgan fingerprint density at radius 3 is 3.33 bits per heavy atom. The molecule has 0 saturated heterocycles. The number of hydrogen-bond donors (Lipinski definition) is 2. The summed E-state index contributed by atoms with van der Waals surface area (Å²) in [6.07, 6.45) is 9.44. The summed E-state index contributed by atoms with van der Waals surface area (Å²) in [5, 5.41) is 4.02. The minimum atomic E-state index is 0.372. The van der Waals surface area contributed by atoms with Crippen molar-refractivity contribution in [2.75, 3.05) is 6.54 Å². The Kier molecular flexibility index (Phi) is 1.96. The number of nitrogens with one attached hydrogen (secondary N) is 1. The maximum absolute atomic E-state index is 5.47. The molecule has 0 saturated carbocycles. The number of rotatable bonds is 2. The summed E-state index contributed by atoms with van der Waals surface area (Å²) in [6.45, 7) is 0.717. The number of hydrazone groups is 1. The number of hydrogen-bond acceptors (Lipinski definition) is 3. The summed E-state index contributed by atoms with van der Waals surface area (Å²) in [5.74, 6) is 0.450. The average Bonchev–Trinajstić information content (AvgIpc) is 2.51. The van der Waals surface area contributed by atoms with Crippen molar-refractivity contribution in [1.29, 1.82) is 0 Å². The van der Waals surface area contributed by atoms with Gasteiger partial charge in [-0.3, -0.25) is 0 Å². The Morgan fingerprint density at radius 2 is 2.50 bits per heavy atom. The molecule has 2 unspecified atom stereocenters. The Hall–Kier alpha value is -1.09. The molecule has 2 rings (SSSR count). The Bertz CT molecular complexity index is 252. The second-order valence-corrected chi connectivity index (χ2v) is 3.15. The van der Waals surface area contributed by atoms with Crippen LogP contribution in [0.3, 0.4) is 0 Å². The zero-order valence-electron chi connectivity index (χ0n) is 6.90. The molecule has 0 radical (unpaired) electrons. The fourth-order valence-electron chi connectivity index (χ4n) is 1.57. The van der Waals surface area contributed by atoms with Crippen LogP contribution in [-0.2, 0) is 0 Å². The van der Waals surface area contributed by atoms with Crippen molar-refractivity contribution in [2.45, 2.75) is 12.5 Å². The van der Waals surface area contributed by atoms with Gasteiger partial charge < -0.3 is 11.2 Å². The molecule has 0 aromatic carbocycles. The highest BCUT2D eigenvalue weighted by Gasteiger charge is 2.22. The summed E-state index contributed by atoms with van der Waals surface area (Å²) in [6, 6.07) is 0.372. The molecule has 1 aliphatic heterocycles. The maximum Gasteiger partial charge on any atom is 0.0738 e. The number of nitrogens with zero attached hydrogens (tertiary/aromatic N) is 1. The second-order valence-electron chi connectivity index (χ2n) is 3.15. The van der Waals surface area contributed by atoms with Gasteiger partial charge in [0.05, 0.1) is 6.04 Å². The molecular formula is C9H13N3. The molecule has 0 bridgehead atoms. The molecule has 0 fully saturated rings. The first kappa shape index (κ1) is 7.55. The van der Waals surface area contributed by atoms with Crippen LogP contribution in [0.2, 0.25) is 0 Å². The Balaban J connectivity index is 2.07. The molecule has 12 heavy (non-hydrogen) atoms. The van der Waals surface area contributed by atoms with E-state index in [-0.39, 0.29) is 0 Å². The number of allylic oxidation sites excluding steroid dienone is 1. The van der Waals surface area contributed by atoms with E-state index in [4.69, 9.17) is 5.73 Å². The lowest BCUT2D eigenvalue weighted by molar-refractivity contribution is 0.615. The van der Waals surface area contributed by atoms with Crippen molar-refractivity contribution in [1.82, 2.24) is 5.43 Å². The topological polar surface area (TPSA) is 50.4 Å². The number of nitrogens with two attached hydrogens (primary N) is 1. The van der Waals surface area contributed by atoms with E-state index < -0.39 is 0 Å². The molecular weight excluding hydrogens is 150 g/mol. The van der Waals surface area contributed by atoms with Crippen LogP contribution in [0.5, 0.6) is 0 Å². The van der Waals surface area contributed by atoms with Crippen molar-refractivity contribution < 1.29 is 0 Å². The molecule has 0 aromatic rings. The fraction of sp³-hybridized carbons (Fsp3) is 0.444. The zero-order chi connectivity index (χ0) is 8.39. The van der Waals surface area contributed by atoms with Crippen LogP contribution in [0.4, 0.5) is 0 Å². The molecule has 1 aliphatic carbocycles. The fourth-order valence-corrected chi connectivity index (χ4v) is 1.57. The van der Waals surface area contributed by atoms with Crippen molar-refractivity contribution in [3.8, 4) is 0 Å². The van der Waals surface area contributed by atoms with Crippen LogP contribution in [0, 0.1) is 5.92 Å². The standard InChI is InChI=1S/C9H13N3/c10-4-3-7-1-2-8-6-11-12-9(8)5-7/h1-2,5-6,8-9,12H,3-4,10H2.